The van der Waals surface area contributed by atoms with Crippen LogP contribution in [0, 0.1) is 17.0 Å². The summed E-state index contributed by atoms with van der Waals surface area (Å²) in [6.45, 7) is 3.15. The van der Waals surface area contributed by atoms with Gasteiger partial charge in [-0.25, -0.2) is 4.98 Å². The molecule has 0 bridgehead atoms. The molecule has 0 aliphatic rings. The van der Waals surface area contributed by atoms with Crippen LogP contribution in [0.3, 0.4) is 0 Å². The summed E-state index contributed by atoms with van der Waals surface area (Å²) in [7, 11) is 0. The molecule has 0 saturated heterocycles. The van der Waals surface area contributed by atoms with Gasteiger partial charge >= 0.3 is 0 Å². The number of pyridine rings is 1. The third-order valence-corrected chi connectivity index (χ3v) is 2.45. The fraction of sp³-hybridized carbons (Fsp3) is 0.273. The van der Waals surface area contributed by atoms with Gasteiger partial charge in [0.15, 0.2) is 0 Å². The highest BCUT2D eigenvalue weighted by atomic mass is 16.6. The Hall–Kier alpha value is -2.64. The Balaban J connectivity index is 1.97. The average molecular weight is 262 g/mol. The molecule has 0 radical (unpaired) electrons. The first-order valence-electron chi connectivity index (χ1n) is 5.69. The molecule has 0 aliphatic carbocycles. The summed E-state index contributed by atoms with van der Waals surface area (Å²) in [4.78, 5) is 14.2. The number of rotatable bonds is 5. The highest BCUT2D eigenvalue weighted by molar-refractivity contribution is 5.52. The molecule has 2 rings (SSSR count). The maximum atomic E-state index is 10.7. The van der Waals surface area contributed by atoms with Gasteiger partial charge in [0.1, 0.15) is 11.6 Å². The van der Waals surface area contributed by atoms with E-state index in [1.54, 1.807) is 10.9 Å². The molecule has 0 spiro atoms. The van der Waals surface area contributed by atoms with Crippen molar-refractivity contribution in [3.05, 3.63) is 40.2 Å². The number of nitrogens with zero attached hydrogens (tertiary/aromatic N) is 4. The van der Waals surface area contributed by atoms with Crippen LogP contribution < -0.4 is 11.1 Å². The number of anilines is 2. The molecule has 0 fully saturated rings. The Bertz CT molecular complexity index is 595. The van der Waals surface area contributed by atoms with E-state index in [2.05, 4.69) is 15.4 Å². The van der Waals surface area contributed by atoms with E-state index in [-0.39, 0.29) is 11.5 Å². The van der Waals surface area contributed by atoms with Crippen molar-refractivity contribution in [3.8, 4) is 0 Å². The van der Waals surface area contributed by atoms with Gasteiger partial charge < -0.3 is 11.1 Å². The first kappa shape index (κ1) is 12.8. The van der Waals surface area contributed by atoms with Gasteiger partial charge in [-0.2, -0.15) is 5.10 Å². The van der Waals surface area contributed by atoms with Gasteiger partial charge in [0, 0.05) is 12.7 Å². The van der Waals surface area contributed by atoms with Crippen molar-refractivity contribution in [2.75, 3.05) is 17.6 Å². The second-order valence-corrected chi connectivity index (χ2v) is 4.10. The number of nitrogen functional groups attached to an aromatic ring is 1. The smallest absolute Gasteiger partial charge is 0.276 e. The van der Waals surface area contributed by atoms with Crippen molar-refractivity contribution in [1.29, 1.82) is 0 Å². The van der Waals surface area contributed by atoms with Crippen molar-refractivity contribution < 1.29 is 4.92 Å². The summed E-state index contributed by atoms with van der Waals surface area (Å²) in [5.41, 5.74) is 6.51. The van der Waals surface area contributed by atoms with Gasteiger partial charge in [-0.3, -0.25) is 14.8 Å². The highest BCUT2D eigenvalue weighted by Gasteiger charge is 2.09. The SMILES string of the molecule is Cc1cnn(CCNc2cc([N+](=O)[O-])cc(N)n2)c1. The fourth-order valence-corrected chi connectivity index (χ4v) is 1.62. The first-order chi connectivity index (χ1) is 9.04. The zero-order valence-electron chi connectivity index (χ0n) is 10.4. The zero-order chi connectivity index (χ0) is 13.8. The lowest BCUT2D eigenvalue weighted by atomic mass is 10.3. The standard InChI is InChI=1S/C11H14N6O2/c1-8-6-14-16(7-8)3-2-13-11-5-9(17(18)19)4-10(12)15-11/h4-7H,2-3H2,1H3,(H3,12,13,15). The van der Waals surface area contributed by atoms with Gasteiger partial charge in [0.2, 0.25) is 0 Å². The van der Waals surface area contributed by atoms with Crippen molar-refractivity contribution in [2.45, 2.75) is 13.5 Å². The fourth-order valence-electron chi connectivity index (χ4n) is 1.62. The lowest BCUT2D eigenvalue weighted by Crippen LogP contribution is -2.12. The lowest BCUT2D eigenvalue weighted by molar-refractivity contribution is -0.384. The maximum absolute atomic E-state index is 10.7. The molecule has 0 atom stereocenters. The second-order valence-electron chi connectivity index (χ2n) is 4.10. The molecule has 0 aromatic carbocycles. The van der Waals surface area contributed by atoms with Gasteiger partial charge in [-0.15, -0.1) is 0 Å². The Morgan fingerprint density at radius 3 is 2.95 bits per heavy atom. The van der Waals surface area contributed by atoms with Crippen molar-refractivity contribution in [2.24, 2.45) is 0 Å². The molecule has 100 valence electrons. The Kier molecular flexibility index (Phi) is 3.60. The van der Waals surface area contributed by atoms with Crippen LogP contribution in [0.1, 0.15) is 5.56 Å². The number of nitrogens with one attached hydrogen (secondary N) is 1. The minimum atomic E-state index is -0.500. The average Bonchev–Trinajstić information content (AvgIpc) is 2.74. The third-order valence-electron chi connectivity index (χ3n) is 2.45. The number of aryl methyl sites for hydroxylation is 1. The summed E-state index contributed by atoms with van der Waals surface area (Å²) in [6.07, 6.45) is 3.68. The zero-order valence-corrected chi connectivity index (χ0v) is 10.4. The summed E-state index contributed by atoms with van der Waals surface area (Å²) in [5, 5.41) is 17.8. The van der Waals surface area contributed by atoms with Gasteiger partial charge in [0.05, 0.1) is 29.8 Å². The van der Waals surface area contributed by atoms with E-state index in [1.165, 1.54) is 12.1 Å². The molecular weight excluding hydrogens is 248 g/mol. The predicted octanol–water partition coefficient (Wildman–Crippen LogP) is 1.19. The van der Waals surface area contributed by atoms with Crippen LogP contribution in [0.5, 0.6) is 0 Å². The predicted molar refractivity (Wildman–Crippen MR) is 70.8 cm³/mol. The minimum Gasteiger partial charge on any atom is -0.383 e. The molecular formula is C11H14N6O2. The quantitative estimate of drug-likeness (QED) is 0.618. The van der Waals surface area contributed by atoms with Crippen LogP contribution in [0.25, 0.3) is 0 Å². The maximum Gasteiger partial charge on any atom is 0.276 e. The molecule has 2 aromatic rings. The van der Waals surface area contributed by atoms with Crippen LogP contribution in [0.4, 0.5) is 17.3 Å². The normalized spacial score (nSPS) is 10.4. The van der Waals surface area contributed by atoms with Gasteiger partial charge in [-0.1, -0.05) is 0 Å². The molecule has 0 unspecified atom stereocenters. The van der Waals surface area contributed by atoms with Crippen molar-refractivity contribution in [3.63, 3.8) is 0 Å². The van der Waals surface area contributed by atoms with Crippen LogP contribution in [0.2, 0.25) is 0 Å². The number of hydrogen-bond donors (Lipinski definition) is 2. The molecule has 3 N–H and O–H groups in total. The Labute approximate surface area is 109 Å². The molecule has 0 amide bonds. The number of nitro groups is 1. The van der Waals surface area contributed by atoms with E-state index >= 15 is 0 Å². The van der Waals surface area contributed by atoms with Crippen LogP contribution in [0.15, 0.2) is 24.5 Å². The molecule has 2 heterocycles. The van der Waals surface area contributed by atoms with E-state index in [0.717, 1.165) is 5.56 Å². The second kappa shape index (κ2) is 5.34. The molecule has 2 aromatic heterocycles. The van der Waals surface area contributed by atoms with Crippen LogP contribution in [-0.2, 0) is 6.54 Å². The number of hydrogen-bond acceptors (Lipinski definition) is 6. The lowest BCUT2D eigenvalue weighted by Gasteiger charge is -2.06. The van der Waals surface area contributed by atoms with E-state index in [1.807, 2.05) is 13.1 Å². The van der Waals surface area contributed by atoms with E-state index < -0.39 is 4.92 Å². The monoisotopic (exact) mass is 262 g/mol. The van der Waals surface area contributed by atoms with Crippen molar-refractivity contribution in [1.82, 2.24) is 14.8 Å². The summed E-state index contributed by atoms with van der Waals surface area (Å²) >= 11 is 0. The molecule has 0 aliphatic heterocycles. The molecule has 8 nitrogen and oxygen atoms in total. The van der Waals surface area contributed by atoms with Crippen LogP contribution >= 0.6 is 0 Å². The summed E-state index contributed by atoms with van der Waals surface area (Å²) in [6, 6.07) is 2.58. The van der Waals surface area contributed by atoms with Gasteiger partial charge in [0.25, 0.3) is 5.69 Å². The molecule has 0 saturated carbocycles. The van der Waals surface area contributed by atoms with Crippen LogP contribution in [-0.4, -0.2) is 26.2 Å². The Morgan fingerprint density at radius 1 is 1.53 bits per heavy atom. The highest BCUT2D eigenvalue weighted by Crippen LogP contribution is 2.18. The van der Waals surface area contributed by atoms with E-state index in [9.17, 15) is 10.1 Å². The summed E-state index contributed by atoms with van der Waals surface area (Å²) < 4.78 is 1.78. The van der Waals surface area contributed by atoms with E-state index in [0.29, 0.717) is 18.9 Å². The number of aromatic nitrogens is 3. The first-order valence-corrected chi connectivity index (χ1v) is 5.69. The van der Waals surface area contributed by atoms with Gasteiger partial charge in [-0.05, 0) is 12.5 Å². The van der Waals surface area contributed by atoms with E-state index in [4.69, 9.17) is 5.73 Å². The topological polar surface area (TPSA) is 112 Å². The summed E-state index contributed by atoms with van der Waals surface area (Å²) in [5.74, 6) is 0.502. The molecule has 8 heteroatoms. The number of nitrogens with two attached hydrogens (primary N) is 1. The third kappa shape index (κ3) is 3.41. The minimum absolute atomic E-state index is 0.0788. The largest absolute Gasteiger partial charge is 0.383 e. The molecule has 19 heavy (non-hydrogen) atoms. The van der Waals surface area contributed by atoms with Crippen molar-refractivity contribution >= 4 is 17.3 Å². The Morgan fingerprint density at radius 2 is 2.32 bits per heavy atom.